The van der Waals surface area contributed by atoms with E-state index < -0.39 is 0 Å². The molecule has 7 heteroatoms. The maximum absolute atomic E-state index is 12.9. The van der Waals surface area contributed by atoms with Crippen LogP contribution in [0.4, 0.5) is 5.69 Å². The van der Waals surface area contributed by atoms with Gasteiger partial charge in [-0.3, -0.25) is 4.79 Å². The van der Waals surface area contributed by atoms with E-state index in [0.717, 1.165) is 12.1 Å². The number of hydrogen-bond acceptors (Lipinski definition) is 5. The second-order valence-corrected chi connectivity index (χ2v) is 6.74. The Labute approximate surface area is 133 Å². The van der Waals surface area contributed by atoms with Gasteiger partial charge in [0, 0.05) is 18.3 Å². The third-order valence-electron chi connectivity index (χ3n) is 3.87. The molecule has 1 aromatic carbocycles. The van der Waals surface area contributed by atoms with Gasteiger partial charge in [-0.25, -0.2) is 4.68 Å². The number of para-hydroxylation sites is 1. The van der Waals surface area contributed by atoms with Crippen LogP contribution in [0, 0.1) is 0 Å². The summed E-state index contributed by atoms with van der Waals surface area (Å²) in [5, 5.41) is 12.0. The van der Waals surface area contributed by atoms with Crippen molar-refractivity contribution < 1.29 is 4.79 Å². The first-order chi connectivity index (χ1) is 10.6. The van der Waals surface area contributed by atoms with Crippen molar-refractivity contribution in [2.24, 2.45) is 0 Å². The lowest BCUT2D eigenvalue weighted by molar-refractivity contribution is -0.118. The van der Waals surface area contributed by atoms with Crippen molar-refractivity contribution in [3.63, 3.8) is 0 Å². The molecule has 116 valence electrons. The smallest absolute Gasteiger partial charge is 0.240 e. The zero-order valence-electron chi connectivity index (χ0n) is 12.9. The summed E-state index contributed by atoms with van der Waals surface area (Å²) in [6.07, 6.45) is 0.909. The van der Waals surface area contributed by atoms with Crippen LogP contribution >= 0.6 is 11.8 Å². The summed E-state index contributed by atoms with van der Waals surface area (Å²) in [6, 6.07) is 8.30. The standard InChI is InChI=1S/C15H19N5OS/c1-4-19-15(16-17-18-19)22-11(3)14(21)20-10(2)9-12-7-5-6-8-13(12)20/h5-8,10-11H,4,9H2,1-3H3/t10-,11+/m0/s1. The molecule has 0 radical (unpaired) electrons. The molecule has 22 heavy (non-hydrogen) atoms. The molecule has 0 spiro atoms. The van der Waals surface area contributed by atoms with Gasteiger partial charge in [0.05, 0.1) is 5.25 Å². The van der Waals surface area contributed by atoms with Gasteiger partial charge in [0.1, 0.15) is 0 Å². The summed E-state index contributed by atoms with van der Waals surface area (Å²) in [6.45, 7) is 6.67. The molecular formula is C15H19N5OS. The molecule has 3 rings (SSSR count). The number of thioether (sulfide) groups is 1. The van der Waals surface area contributed by atoms with Gasteiger partial charge in [0.25, 0.3) is 0 Å². The summed E-state index contributed by atoms with van der Waals surface area (Å²) in [5.74, 6) is 0.105. The Hall–Kier alpha value is -1.89. The van der Waals surface area contributed by atoms with Gasteiger partial charge in [-0.1, -0.05) is 30.0 Å². The van der Waals surface area contributed by atoms with Crippen molar-refractivity contribution in [3.8, 4) is 0 Å². The molecular weight excluding hydrogens is 298 g/mol. The Morgan fingerprint density at radius 3 is 3.00 bits per heavy atom. The lowest BCUT2D eigenvalue weighted by Crippen LogP contribution is -2.40. The summed E-state index contributed by atoms with van der Waals surface area (Å²) in [5.41, 5.74) is 2.27. The number of rotatable bonds is 4. The molecule has 0 N–H and O–H groups in total. The fourth-order valence-electron chi connectivity index (χ4n) is 2.79. The summed E-state index contributed by atoms with van der Waals surface area (Å²) in [4.78, 5) is 14.8. The van der Waals surface area contributed by atoms with Crippen LogP contribution in [-0.4, -0.2) is 37.4 Å². The fraction of sp³-hybridized carbons (Fsp3) is 0.467. The molecule has 0 saturated carbocycles. The van der Waals surface area contributed by atoms with Crippen molar-refractivity contribution in [2.75, 3.05) is 4.90 Å². The number of carbonyl (C=O) groups excluding carboxylic acids is 1. The third-order valence-corrected chi connectivity index (χ3v) is 4.93. The molecule has 0 fully saturated rings. The predicted octanol–water partition coefficient (Wildman–Crippen LogP) is 2.15. The van der Waals surface area contributed by atoms with Crippen LogP contribution in [0.25, 0.3) is 0 Å². The van der Waals surface area contributed by atoms with E-state index in [0.29, 0.717) is 11.7 Å². The highest BCUT2D eigenvalue weighted by Gasteiger charge is 2.33. The first-order valence-corrected chi connectivity index (χ1v) is 8.33. The Morgan fingerprint density at radius 2 is 2.23 bits per heavy atom. The van der Waals surface area contributed by atoms with E-state index in [9.17, 15) is 4.79 Å². The predicted molar refractivity (Wildman–Crippen MR) is 85.9 cm³/mol. The normalized spacial score (nSPS) is 18.3. The van der Waals surface area contributed by atoms with Crippen molar-refractivity contribution in [2.45, 2.75) is 50.2 Å². The van der Waals surface area contributed by atoms with E-state index in [1.807, 2.05) is 36.9 Å². The summed E-state index contributed by atoms with van der Waals surface area (Å²) in [7, 11) is 0. The van der Waals surface area contributed by atoms with Gasteiger partial charge in [-0.2, -0.15) is 0 Å². The van der Waals surface area contributed by atoms with Gasteiger partial charge < -0.3 is 4.90 Å². The first-order valence-electron chi connectivity index (χ1n) is 7.45. The van der Waals surface area contributed by atoms with Crippen LogP contribution in [0.3, 0.4) is 0 Å². The highest BCUT2D eigenvalue weighted by molar-refractivity contribution is 8.00. The average Bonchev–Trinajstić information content (AvgIpc) is 3.09. The summed E-state index contributed by atoms with van der Waals surface area (Å²) < 4.78 is 1.70. The van der Waals surface area contributed by atoms with Crippen LogP contribution in [0.2, 0.25) is 0 Å². The minimum atomic E-state index is -0.232. The molecule has 0 saturated heterocycles. The van der Waals surface area contributed by atoms with Crippen LogP contribution in [0.1, 0.15) is 26.3 Å². The van der Waals surface area contributed by atoms with E-state index in [4.69, 9.17) is 0 Å². The number of aryl methyl sites for hydroxylation is 1. The maximum Gasteiger partial charge on any atom is 0.240 e. The van der Waals surface area contributed by atoms with Gasteiger partial charge in [0.15, 0.2) is 0 Å². The van der Waals surface area contributed by atoms with Crippen molar-refractivity contribution in [1.29, 1.82) is 0 Å². The van der Waals surface area contributed by atoms with Gasteiger partial charge in [-0.15, -0.1) is 5.10 Å². The van der Waals surface area contributed by atoms with Gasteiger partial charge >= 0.3 is 0 Å². The molecule has 0 bridgehead atoms. The molecule has 0 aliphatic carbocycles. The Balaban J connectivity index is 1.79. The Bertz CT molecular complexity index is 686. The van der Waals surface area contributed by atoms with Crippen LogP contribution in [0.5, 0.6) is 0 Å². The van der Waals surface area contributed by atoms with Crippen LogP contribution < -0.4 is 4.90 Å². The lowest BCUT2D eigenvalue weighted by Gasteiger charge is -2.25. The Kier molecular flexibility index (Phi) is 4.15. The van der Waals surface area contributed by atoms with Crippen LogP contribution in [-0.2, 0) is 17.8 Å². The van der Waals surface area contributed by atoms with E-state index in [-0.39, 0.29) is 17.2 Å². The van der Waals surface area contributed by atoms with Crippen molar-refractivity contribution >= 4 is 23.4 Å². The maximum atomic E-state index is 12.9. The molecule has 1 amide bonds. The number of anilines is 1. The number of benzene rings is 1. The number of aromatic nitrogens is 4. The minimum Gasteiger partial charge on any atom is -0.308 e. The molecule has 2 heterocycles. The van der Waals surface area contributed by atoms with Gasteiger partial charge in [-0.05, 0) is 49.2 Å². The Morgan fingerprint density at radius 1 is 1.45 bits per heavy atom. The van der Waals surface area contributed by atoms with E-state index in [1.54, 1.807) is 4.68 Å². The molecule has 1 aliphatic heterocycles. The fourth-order valence-corrected chi connectivity index (χ4v) is 3.69. The summed E-state index contributed by atoms with van der Waals surface area (Å²) >= 11 is 1.41. The molecule has 6 nitrogen and oxygen atoms in total. The van der Waals surface area contributed by atoms with Crippen molar-refractivity contribution in [3.05, 3.63) is 29.8 Å². The molecule has 2 atom stereocenters. The number of tetrazole rings is 1. The SMILES string of the molecule is CCn1nnnc1S[C@H](C)C(=O)N1c2ccccc2C[C@@H]1C. The number of hydrogen-bond donors (Lipinski definition) is 0. The highest BCUT2D eigenvalue weighted by atomic mass is 32.2. The number of carbonyl (C=O) groups is 1. The van der Waals surface area contributed by atoms with Gasteiger partial charge in [0.2, 0.25) is 11.1 Å². The molecule has 0 unspecified atom stereocenters. The number of amides is 1. The van der Waals surface area contributed by atoms with E-state index >= 15 is 0 Å². The number of fused-ring (bicyclic) bond motifs is 1. The topological polar surface area (TPSA) is 63.9 Å². The van der Waals surface area contributed by atoms with Crippen molar-refractivity contribution in [1.82, 2.24) is 20.2 Å². The monoisotopic (exact) mass is 317 g/mol. The van der Waals surface area contributed by atoms with E-state index in [2.05, 4.69) is 28.5 Å². The van der Waals surface area contributed by atoms with Crippen LogP contribution in [0.15, 0.2) is 29.4 Å². The minimum absolute atomic E-state index is 0.105. The third kappa shape index (κ3) is 2.61. The first kappa shape index (κ1) is 15.0. The highest BCUT2D eigenvalue weighted by Crippen LogP contribution is 2.34. The largest absolute Gasteiger partial charge is 0.308 e. The zero-order chi connectivity index (χ0) is 15.7. The number of nitrogens with zero attached hydrogens (tertiary/aromatic N) is 5. The lowest BCUT2D eigenvalue weighted by atomic mass is 10.1. The van der Waals surface area contributed by atoms with E-state index in [1.165, 1.54) is 17.3 Å². The second kappa shape index (κ2) is 6.08. The quantitative estimate of drug-likeness (QED) is 0.809. The molecule has 1 aliphatic rings. The second-order valence-electron chi connectivity index (χ2n) is 5.43. The molecule has 1 aromatic heterocycles. The zero-order valence-corrected chi connectivity index (χ0v) is 13.7. The average molecular weight is 317 g/mol. The molecule has 2 aromatic rings.